The standard InChI is InChI=1S/C11H19N3/c1-12-9-10-7-8-14(13-10)11-5-3-2-4-6-11/h7-8,11-12H,2-6,9H2,1H3. The molecule has 0 unspecified atom stereocenters. The van der Waals surface area contributed by atoms with Crippen LogP contribution in [0.5, 0.6) is 0 Å². The van der Waals surface area contributed by atoms with Gasteiger partial charge in [-0.15, -0.1) is 0 Å². The lowest BCUT2D eigenvalue weighted by Gasteiger charge is -2.21. The molecule has 0 aromatic carbocycles. The van der Waals surface area contributed by atoms with Crippen molar-refractivity contribution in [1.82, 2.24) is 15.1 Å². The molecular weight excluding hydrogens is 174 g/mol. The number of nitrogens with one attached hydrogen (secondary N) is 1. The Morgan fingerprint density at radius 3 is 2.93 bits per heavy atom. The molecule has 14 heavy (non-hydrogen) atoms. The molecule has 1 heterocycles. The topological polar surface area (TPSA) is 29.9 Å². The first kappa shape index (κ1) is 9.71. The van der Waals surface area contributed by atoms with E-state index in [0.717, 1.165) is 12.2 Å². The number of aromatic nitrogens is 2. The van der Waals surface area contributed by atoms with E-state index < -0.39 is 0 Å². The summed E-state index contributed by atoms with van der Waals surface area (Å²) in [5.41, 5.74) is 1.15. The Bertz CT molecular complexity index is 274. The molecule has 1 N–H and O–H groups in total. The Hall–Kier alpha value is -0.830. The molecule has 0 aliphatic heterocycles. The first-order valence-corrected chi connectivity index (χ1v) is 5.59. The number of hydrogen-bond acceptors (Lipinski definition) is 2. The van der Waals surface area contributed by atoms with Crippen LogP contribution in [0.2, 0.25) is 0 Å². The minimum Gasteiger partial charge on any atom is -0.314 e. The van der Waals surface area contributed by atoms with Gasteiger partial charge in [-0.05, 0) is 26.0 Å². The molecule has 1 aromatic rings. The van der Waals surface area contributed by atoms with Crippen molar-refractivity contribution in [1.29, 1.82) is 0 Å². The maximum atomic E-state index is 4.58. The highest BCUT2D eigenvalue weighted by Gasteiger charge is 2.15. The zero-order valence-corrected chi connectivity index (χ0v) is 8.87. The van der Waals surface area contributed by atoms with Crippen molar-refractivity contribution in [3.8, 4) is 0 Å². The molecule has 3 nitrogen and oxygen atoms in total. The zero-order valence-electron chi connectivity index (χ0n) is 8.87. The van der Waals surface area contributed by atoms with Gasteiger partial charge in [-0.1, -0.05) is 19.3 Å². The monoisotopic (exact) mass is 193 g/mol. The van der Waals surface area contributed by atoms with Gasteiger partial charge in [-0.2, -0.15) is 5.10 Å². The van der Waals surface area contributed by atoms with Gasteiger partial charge in [0.2, 0.25) is 0 Å². The molecule has 1 saturated carbocycles. The average Bonchev–Trinajstić information content (AvgIpc) is 2.68. The summed E-state index contributed by atoms with van der Waals surface area (Å²) in [7, 11) is 1.96. The largest absolute Gasteiger partial charge is 0.314 e. The van der Waals surface area contributed by atoms with E-state index in [0.29, 0.717) is 6.04 Å². The van der Waals surface area contributed by atoms with E-state index in [1.54, 1.807) is 0 Å². The van der Waals surface area contributed by atoms with Crippen molar-refractivity contribution in [3.63, 3.8) is 0 Å². The van der Waals surface area contributed by atoms with Gasteiger partial charge in [0.05, 0.1) is 11.7 Å². The summed E-state index contributed by atoms with van der Waals surface area (Å²) < 4.78 is 2.16. The second-order valence-corrected chi connectivity index (χ2v) is 4.11. The Labute approximate surface area is 85.5 Å². The second kappa shape index (κ2) is 4.60. The third-order valence-electron chi connectivity index (χ3n) is 2.97. The van der Waals surface area contributed by atoms with Crippen LogP contribution in [0.25, 0.3) is 0 Å². The van der Waals surface area contributed by atoms with E-state index in [1.807, 2.05) is 7.05 Å². The van der Waals surface area contributed by atoms with E-state index in [-0.39, 0.29) is 0 Å². The molecule has 0 spiro atoms. The van der Waals surface area contributed by atoms with Gasteiger partial charge in [0.1, 0.15) is 0 Å². The lowest BCUT2D eigenvalue weighted by atomic mass is 9.96. The molecule has 1 fully saturated rings. The first-order chi connectivity index (χ1) is 6.90. The summed E-state index contributed by atoms with van der Waals surface area (Å²) in [6, 6.07) is 2.78. The fourth-order valence-electron chi connectivity index (χ4n) is 2.20. The maximum Gasteiger partial charge on any atom is 0.0762 e. The lowest BCUT2D eigenvalue weighted by molar-refractivity contribution is 0.328. The van der Waals surface area contributed by atoms with Gasteiger partial charge in [-0.25, -0.2) is 0 Å². The average molecular weight is 193 g/mol. The molecule has 78 valence electrons. The van der Waals surface area contributed by atoms with Gasteiger partial charge in [-0.3, -0.25) is 4.68 Å². The third kappa shape index (κ3) is 2.15. The Morgan fingerprint density at radius 2 is 2.21 bits per heavy atom. The van der Waals surface area contributed by atoms with Crippen molar-refractivity contribution in [2.75, 3.05) is 7.05 Å². The summed E-state index contributed by atoms with van der Waals surface area (Å²) in [5.74, 6) is 0. The van der Waals surface area contributed by atoms with Crippen molar-refractivity contribution in [2.45, 2.75) is 44.7 Å². The first-order valence-electron chi connectivity index (χ1n) is 5.59. The summed E-state index contributed by atoms with van der Waals surface area (Å²) in [4.78, 5) is 0. The van der Waals surface area contributed by atoms with Crippen LogP contribution in [0.4, 0.5) is 0 Å². The fraction of sp³-hybridized carbons (Fsp3) is 0.727. The van der Waals surface area contributed by atoms with Crippen LogP contribution >= 0.6 is 0 Å². The van der Waals surface area contributed by atoms with E-state index in [2.05, 4.69) is 27.4 Å². The molecule has 1 aliphatic carbocycles. The van der Waals surface area contributed by atoms with Crippen LogP contribution in [-0.2, 0) is 6.54 Å². The van der Waals surface area contributed by atoms with Crippen molar-refractivity contribution in [3.05, 3.63) is 18.0 Å². The van der Waals surface area contributed by atoms with Crippen LogP contribution in [0.3, 0.4) is 0 Å². The number of hydrogen-bond donors (Lipinski definition) is 1. The van der Waals surface area contributed by atoms with Crippen LogP contribution in [0, 0.1) is 0 Å². The molecule has 1 aliphatic rings. The molecule has 0 saturated heterocycles. The second-order valence-electron chi connectivity index (χ2n) is 4.11. The minimum atomic E-state index is 0.661. The predicted molar refractivity (Wildman–Crippen MR) is 57.1 cm³/mol. The molecule has 0 amide bonds. The third-order valence-corrected chi connectivity index (χ3v) is 2.97. The number of nitrogens with zero attached hydrogens (tertiary/aromatic N) is 2. The zero-order chi connectivity index (χ0) is 9.80. The minimum absolute atomic E-state index is 0.661. The molecule has 3 heteroatoms. The van der Waals surface area contributed by atoms with Gasteiger partial charge >= 0.3 is 0 Å². The van der Waals surface area contributed by atoms with E-state index in [9.17, 15) is 0 Å². The van der Waals surface area contributed by atoms with Gasteiger partial charge in [0, 0.05) is 12.7 Å². The summed E-state index contributed by atoms with van der Waals surface area (Å²) in [6.07, 6.45) is 8.88. The van der Waals surface area contributed by atoms with E-state index in [4.69, 9.17) is 0 Å². The highest BCUT2D eigenvalue weighted by molar-refractivity contribution is 4.99. The summed E-state index contributed by atoms with van der Waals surface area (Å²) >= 11 is 0. The summed E-state index contributed by atoms with van der Waals surface area (Å²) in [6.45, 7) is 0.875. The van der Waals surface area contributed by atoms with Crippen molar-refractivity contribution in [2.24, 2.45) is 0 Å². The molecule has 1 aromatic heterocycles. The molecule has 2 rings (SSSR count). The Balaban J connectivity index is 2.00. The van der Waals surface area contributed by atoms with Crippen molar-refractivity contribution < 1.29 is 0 Å². The summed E-state index contributed by atoms with van der Waals surface area (Å²) in [5, 5.41) is 7.70. The normalized spacial score (nSPS) is 18.6. The van der Waals surface area contributed by atoms with Gasteiger partial charge in [0.15, 0.2) is 0 Å². The van der Waals surface area contributed by atoms with Crippen molar-refractivity contribution >= 4 is 0 Å². The van der Waals surface area contributed by atoms with E-state index >= 15 is 0 Å². The highest BCUT2D eigenvalue weighted by Crippen LogP contribution is 2.27. The smallest absolute Gasteiger partial charge is 0.0762 e. The predicted octanol–water partition coefficient (Wildman–Crippen LogP) is 2.11. The maximum absolute atomic E-state index is 4.58. The number of rotatable bonds is 3. The molecular formula is C11H19N3. The van der Waals surface area contributed by atoms with E-state index in [1.165, 1.54) is 32.1 Å². The van der Waals surface area contributed by atoms with Crippen LogP contribution in [0.15, 0.2) is 12.3 Å². The highest BCUT2D eigenvalue weighted by atomic mass is 15.3. The fourth-order valence-corrected chi connectivity index (χ4v) is 2.20. The van der Waals surface area contributed by atoms with Gasteiger partial charge in [0.25, 0.3) is 0 Å². The molecule has 0 bridgehead atoms. The SMILES string of the molecule is CNCc1ccn(C2CCCCC2)n1. The van der Waals surface area contributed by atoms with Gasteiger partial charge < -0.3 is 5.32 Å². The molecule has 0 atom stereocenters. The lowest BCUT2D eigenvalue weighted by Crippen LogP contribution is -2.14. The Kier molecular flexibility index (Phi) is 3.19. The Morgan fingerprint density at radius 1 is 1.43 bits per heavy atom. The molecule has 0 radical (unpaired) electrons. The van der Waals surface area contributed by atoms with Crippen LogP contribution in [0.1, 0.15) is 43.8 Å². The quantitative estimate of drug-likeness (QED) is 0.796. The van der Waals surface area contributed by atoms with Crippen LogP contribution in [-0.4, -0.2) is 16.8 Å². The van der Waals surface area contributed by atoms with Crippen LogP contribution < -0.4 is 5.32 Å².